The summed E-state index contributed by atoms with van der Waals surface area (Å²) in [7, 11) is 0. The van der Waals surface area contributed by atoms with E-state index in [4.69, 9.17) is 10.5 Å². The van der Waals surface area contributed by atoms with Crippen LogP contribution in [0.25, 0.3) is 0 Å². The molecule has 0 amide bonds. The molecule has 0 aliphatic heterocycles. The minimum absolute atomic E-state index is 0.0193. The molecule has 1 rings (SSSR count). The third kappa shape index (κ3) is 2.44. The van der Waals surface area contributed by atoms with Gasteiger partial charge >= 0.3 is 5.97 Å². The Morgan fingerprint density at radius 3 is 2.62 bits per heavy atom. The molecule has 3 heteroatoms. The Hall–Kier alpha value is -0.570. The minimum Gasteiger partial charge on any atom is -0.461 e. The lowest BCUT2D eigenvalue weighted by molar-refractivity contribution is -0.155. The highest BCUT2D eigenvalue weighted by molar-refractivity contribution is 5.81. The van der Waals surface area contributed by atoms with Crippen LogP contribution in [0.4, 0.5) is 0 Å². The van der Waals surface area contributed by atoms with Gasteiger partial charge in [-0.15, -0.1) is 0 Å². The van der Waals surface area contributed by atoms with E-state index >= 15 is 0 Å². The highest BCUT2D eigenvalue weighted by atomic mass is 16.5. The van der Waals surface area contributed by atoms with E-state index in [-0.39, 0.29) is 12.1 Å². The fourth-order valence-corrected chi connectivity index (χ4v) is 1.24. The molecule has 0 bridgehead atoms. The van der Waals surface area contributed by atoms with Crippen LogP contribution in [0.15, 0.2) is 0 Å². The lowest BCUT2D eigenvalue weighted by atomic mass is 9.98. The maximum Gasteiger partial charge on any atom is 0.326 e. The summed E-state index contributed by atoms with van der Waals surface area (Å²) in [6, 6.07) is 0. The molecule has 0 aromatic heterocycles. The highest BCUT2D eigenvalue weighted by Crippen LogP contribution is 2.38. The van der Waals surface area contributed by atoms with Gasteiger partial charge in [-0.2, -0.15) is 0 Å². The Morgan fingerprint density at radius 1 is 1.69 bits per heavy atom. The maximum atomic E-state index is 11.6. The lowest BCUT2D eigenvalue weighted by Gasteiger charge is -2.24. The van der Waals surface area contributed by atoms with Gasteiger partial charge < -0.3 is 10.5 Å². The number of nitrogens with two attached hydrogens (primary N) is 1. The van der Waals surface area contributed by atoms with Crippen molar-refractivity contribution in [2.75, 3.05) is 0 Å². The van der Waals surface area contributed by atoms with Crippen molar-refractivity contribution in [3.8, 4) is 0 Å². The monoisotopic (exact) mass is 185 g/mol. The Kier molecular flexibility index (Phi) is 2.96. The first-order valence-electron chi connectivity index (χ1n) is 4.98. The fourth-order valence-electron chi connectivity index (χ4n) is 1.24. The van der Waals surface area contributed by atoms with Crippen molar-refractivity contribution < 1.29 is 9.53 Å². The molecule has 0 saturated heterocycles. The summed E-state index contributed by atoms with van der Waals surface area (Å²) in [4.78, 5) is 11.6. The second-order valence-corrected chi connectivity index (χ2v) is 4.18. The van der Waals surface area contributed by atoms with E-state index < -0.39 is 5.54 Å². The van der Waals surface area contributed by atoms with E-state index in [1.54, 1.807) is 6.92 Å². The Balaban J connectivity index is 2.45. The summed E-state index contributed by atoms with van der Waals surface area (Å²) in [5.41, 5.74) is 5.13. The average Bonchev–Trinajstić information content (AvgIpc) is 2.86. The molecule has 0 aromatic carbocycles. The van der Waals surface area contributed by atoms with Gasteiger partial charge in [0.15, 0.2) is 0 Å². The van der Waals surface area contributed by atoms with Gasteiger partial charge in [0.25, 0.3) is 0 Å². The SMILES string of the molecule is CCC(C)OC(=O)C(C)(N)C1CC1. The summed E-state index contributed by atoms with van der Waals surface area (Å²) in [5.74, 6) is 0.0911. The molecule has 13 heavy (non-hydrogen) atoms. The van der Waals surface area contributed by atoms with E-state index in [0.717, 1.165) is 19.3 Å². The molecule has 0 heterocycles. The van der Waals surface area contributed by atoms with Crippen LogP contribution in [-0.2, 0) is 9.53 Å². The first-order chi connectivity index (χ1) is 5.98. The zero-order chi connectivity index (χ0) is 10.1. The number of carbonyl (C=O) groups excluding carboxylic acids is 1. The van der Waals surface area contributed by atoms with Crippen molar-refractivity contribution in [2.24, 2.45) is 11.7 Å². The van der Waals surface area contributed by atoms with E-state index in [2.05, 4.69) is 0 Å². The Morgan fingerprint density at radius 2 is 2.23 bits per heavy atom. The van der Waals surface area contributed by atoms with Gasteiger partial charge in [0.1, 0.15) is 5.54 Å². The smallest absolute Gasteiger partial charge is 0.326 e. The van der Waals surface area contributed by atoms with E-state index in [9.17, 15) is 4.79 Å². The standard InChI is InChI=1S/C10H19NO2/c1-4-7(2)13-9(12)10(3,11)8-5-6-8/h7-8H,4-6,11H2,1-3H3. The Bertz CT molecular complexity index is 197. The van der Waals surface area contributed by atoms with Crippen LogP contribution in [0.3, 0.4) is 0 Å². The number of carbonyl (C=O) groups is 1. The van der Waals surface area contributed by atoms with Crippen molar-refractivity contribution in [3.63, 3.8) is 0 Å². The molecule has 1 saturated carbocycles. The number of hydrogen-bond acceptors (Lipinski definition) is 3. The second kappa shape index (κ2) is 3.66. The Labute approximate surface area is 79.6 Å². The van der Waals surface area contributed by atoms with E-state index in [0.29, 0.717) is 5.92 Å². The molecule has 0 aromatic rings. The van der Waals surface area contributed by atoms with Gasteiger partial charge in [0.2, 0.25) is 0 Å². The summed E-state index contributed by atoms with van der Waals surface area (Å²) in [6.45, 7) is 5.65. The molecule has 3 nitrogen and oxygen atoms in total. The molecule has 1 aliphatic carbocycles. The largest absolute Gasteiger partial charge is 0.461 e. The van der Waals surface area contributed by atoms with E-state index in [1.165, 1.54) is 0 Å². The lowest BCUT2D eigenvalue weighted by Crippen LogP contribution is -2.49. The molecular formula is C10H19NO2. The number of hydrogen-bond donors (Lipinski definition) is 1. The van der Waals surface area contributed by atoms with Gasteiger partial charge in [-0.1, -0.05) is 6.92 Å². The third-order valence-electron chi connectivity index (χ3n) is 2.75. The first-order valence-corrected chi connectivity index (χ1v) is 4.98. The number of ether oxygens (including phenoxy) is 1. The maximum absolute atomic E-state index is 11.6. The normalized spacial score (nSPS) is 23.4. The first kappa shape index (κ1) is 10.5. The summed E-state index contributed by atoms with van der Waals surface area (Å²) >= 11 is 0. The van der Waals surface area contributed by atoms with Crippen molar-refractivity contribution in [2.45, 2.75) is 51.7 Å². The van der Waals surface area contributed by atoms with Gasteiger partial charge in [-0.3, -0.25) is 4.79 Å². The molecule has 2 unspecified atom stereocenters. The fraction of sp³-hybridized carbons (Fsp3) is 0.900. The van der Waals surface area contributed by atoms with Crippen LogP contribution in [0, 0.1) is 5.92 Å². The summed E-state index contributed by atoms with van der Waals surface area (Å²) in [6.07, 6.45) is 2.94. The topological polar surface area (TPSA) is 52.3 Å². The predicted molar refractivity (Wildman–Crippen MR) is 51.2 cm³/mol. The number of rotatable bonds is 4. The summed E-state index contributed by atoms with van der Waals surface area (Å²) < 4.78 is 5.20. The zero-order valence-electron chi connectivity index (χ0n) is 8.67. The molecular weight excluding hydrogens is 166 g/mol. The molecule has 1 fully saturated rings. The zero-order valence-corrected chi connectivity index (χ0v) is 8.67. The van der Waals surface area contributed by atoms with Crippen LogP contribution in [0.2, 0.25) is 0 Å². The molecule has 2 N–H and O–H groups in total. The second-order valence-electron chi connectivity index (χ2n) is 4.18. The van der Waals surface area contributed by atoms with Crippen molar-refractivity contribution in [1.82, 2.24) is 0 Å². The molecule has 0 radical (unpaired) electrons. The molecule has 1 aliphatic rings. The molecule has 0 spiro atoms. The van der Waals surface area contributed by atoms with Gasteiger partial charge in [0.05, 0.1) is 6.10 Å². The van der Waals surface area contributed by atoms with Crippen molar-refractivity contribution in [1.29, 1.82) is 0 Å². The highest BCUT2D eigenvalue weighted by Gasteiger charge is 2.45. The average molecular weight is 185 g/mol. The van der Waals surface area contributed by atoms with Crippen LogP contribution in [0.5, 0.6) is 0 Å². The quantitative estimate of drug-likeness (QED) is 0.674. The van der Waals surface area contributed by atoms with Gasteiger partial charge in [-0.25, -0.2) is 0 Å². The number of esters is 1. The van der Waals surface area contributed by atoms with Crippen LogP contribution in [-0.4, -0.2) is 17.6 Å². The predicted octanol–water partition coefficient (Wildman–Crippen LogP) is 1.46. The van der Waals surface area contributed by atoms with Crippen LogP contribution < -0.4 is 5.73 Å². The third-order valence-corrected chi connectivity index (χ3v) is 2.75. The van der Waals surface area contributed by atoms with Crippen LogP contribution >= 0.6 is 0 Å². The van der Waals surface area contributed by atoms with Crippen molar-refractivity contribution >= 4 is 5.97 Å². The summed E-state index contributed by atoms with van der Waals surface area (Å²) in [5, 5.41) is 0. The van der Waals surface area contributed by atoms with Crippen LogP contribution in [0.1, 0.15) is 40.0 Å². The van der Waals surface area contributed by atoms with Gasteiger partial charge in [0, 0.05) is 0 Å². The van der Waals surface area contributed by atoms with E-state index in [1.807, 2.05) is 13.8 Å². The molecule has 2 atom stereocenters. The minimum atomic E-state index is -0.760. The molecule has 76 valence electrons. The van der Waals surface area contributed by atoms with Gasteiger partial charge in [-0.05, 0) is 39.0 Å². The van der Waals surface area contributed by atoms with Crippen molar-refractivity contribution in [3.05, 3.63) is 0 Å².